The van der Waals surface area contributed by atoms with Crippen LogP contribution in [0.1, 0.15) is 32.6 Å². The van der Waals surface area contributed by atoms with Crippen molar-refractivity contribution >= 4 is 11.5 Å². The third kappa shape index (κ3) is 5.08. The van der Waals surface area contributed by atoms with E-state index in [-0.39, 0.29) is 23.8 Å². The number of methoxy groups -OCH3 is 1. The summed E-state index contributed by atoms with van der Waals surface area (Å²) in [5.74, 6) is -4.08. The van der Waals surface area contributed by atoms with Gasteiger partial charge in [-0.15, -0.1) is 0 Å². The lowest BCUT2D eigenvalue weighted by Gasteiger charge is -2.33. The Morgan fingerprint density at radius 2 is 1.57 bits per heavy atom. The monoisotopic (exact) mass is 589 g/mol. The highest BCUT2D eigenvalue weighted by molar-refractivity contribution is 6.03. The van der Waals surface area contributed by atoms with Gasteiger partial charge in [-0.05, 0) is 48.2 Å². The number of halogens is 10. The molecular formula is C25H21F10NO4. The Hall–Kier alpha value is -3.07. The van der Waals surface area contributed by atoms with Crippen molar-refractivity contribution in [2.24, 2.45) is 5.92 Å². The third-order valence-electron chi connectivity index (χ3n) is 7.01. The second-order valence-electron chi connectivity index (χ2n) is 9.45. The molecule has 4 rings (SSSR count). The van der Waals surface area contributed by atoms with Gasteiger partial charge in [-0.3, -0.25) is 4.79 Å². The molecule has 220 valence electrons. The Morgan fingerprint density at radius 1 is 0.975 bits per heavy atom. The third-order valence-corrected chi connectivity index (χ3v) is 7.01. The van der Waals surface area contributed by atoms with Gasteiger partial charge in [-0.1, -0.05) is 0 Å². The van der Waals surface area contributed by atoms with Crippen molar-refractivity contribution in [1.82, 2.24) is 0 Å². The summed E-state index contributed by atoms with van der Waals surface area (Å²) < 4.78 is 147. The number of ether oxygens (including phenoxy) is 2. The van der Waals surface area contributed by atoms with E-state index in [0.29, 0.717) is 37.6 Å². The summed E-state index contributed by atoms with van der Waals surface area (Å²) in [5.41, 5.74) is -10.8. The highest BCUT2D eigenvalue weighted by Crippen LogP contribution is 2.52. The van der Waals surface area contributed by atoms with Gasteiger partial charge in [0, 0.05) is 30.1 Å². The van der Waals surface area contributed by atoms with Crippen molar-refractivity contribution in [1.29, 1.82) is 0 Å². The number of carbonyl (C=O) groups is 1. The van der Waals surface area contributed by atoms with Gasteiger partial charge in [-0.2, -0.15) is 39.5 Å². The maximum atomic E-state index is 15.3. The first-order valence-corrected chi connectivity index (χ1v) is 11.7. The number of alkyl halides is 9. The number of Topliss-reactive ketones (excluding diaryl/α,β-unsaturated/α-hetero) is 1. The van der Waals surface area contributed by atoms with Gasteiger partial charge in [0.15, 0.2) is 5.78 Å². The molecule has 1 atom stereocenters. The summed E-state index contributed by atoms with van der Waals surface area (Å²) in [6.07, 6.45) is -19.9. The first-order chi connectivity index (χ1) is 18.4. The molecule has 1 saturated heterocycles. The zero-order valence-corrected chi connectivity index (χ0v) is 20.5. The van der Waals surface area contributed by atoms with Crippen LogP contribution in [-0.2, 0) is 29.4 Å². The van der Waals surface area contributed by atoms with Crippen LogP contribution in [0.3, 0.4) is 0 Å². The molecule has 40 heavy (non-hydrogen) atoms. The van der Waals surface area contributed by atoms with E-state index in [1.165, 1.54) is 13.2 Å². The second-order valence-corrected chi connectivity index (χ2v) is 9.45. The maximum absolute atomic E-state index is 15.3. The number of morpholine rings is 1. The van der Waals surface area contributed by atoms with E-state index in [4.69, 9.17) is 9.47 Å². The molecule has 2 aliphatic rings. The van der Waals surface area contributed by atoms with Crippen LogP contribution in [0.5, 0.6) is 5.75 Å². The van der Waals surface area contributed by atoms with Gasteiger partial charge >= 0.3 is 18.5 Å². The van der Waals surface area contributed by atoms with Gasteiger partial charge in [0.1, 0.15) is 11.6 Å². The number of nitrogens with zero attached hydrogens (tertiary/aromatic N) is 1. The largest absolute Gasteiger partial charge is 0.495 e. The molecule has 0 aromatic heterocycles. The number of carbonyl (C=O) groups excluding carboxylic acids is 1. The molecule has 1 heterocycles. The summed E-state index contributed by atoms with van der Waals surface area (Å²) in [4.78, 5) is 15.0. The molecular weight excluding hydrogens is 568 g/mol. The van der Waals surface area contributed by atoms with E-state index in [9.17, 15) is 49.4 Å². The maximum Gasteiger partial charge on any atom is 0.430 e. The number of benzene rings is 2. The van der Waals surface area contributed by atoms with Gasteiger partial charge in [-0.25, -0.2) is 4.39 Å². The number of hydrogen-bond donors (Lipinski definition) is 1. The molecule has 1 fully saturated rings. The number of rotatable bonds is 5. The standard InChI is InChI=1S/C25H21F10NO4/c1-39-19-11-16-12(9-18(19)36-2-4-40-5-3-36)6-14(21(16)37)7-13-8-15(23(27,28)29)10-17(20(13)26)22(38,24(30,31)32)25(33,34)35/h8-11,14,38H,2-7H2,1H3. The van der Waals surface area contributed by atoms with Gasteiger partial charge in [0.05, 0.1) is 31.6 Å². The first-order valence-electron chi connectivity index (χ1n) is 11.7. The lowest BCUT2D eigenvalue weighted by atomic mass is 9.86. The number of aliphatic hydroxyl groups is 1. The molecule has 5 nitrogen and oxygen atoms in total. The van der Waals surface area contributed by atoms with Crippen molar-refractivity contribution in [3.05, 3.63) is 57.9 Å². The average molecular weight is 589 g/mol. The van der Waals surface area contributed by atoms with Crippen molar-refractivity contribution in [2.75, 3.05) is 38.3 Å². The first kappa shape index (κ1) is 29.9. The van der Waals surface area contributed by atoms with E-state index in [1.54, 1.807) is 6.07 Å². The van der Waals surface area contributed by atoms with E-state index >= 15 is 4.39 Å². The quantitative estimate of drug-likeness (QED) is 0.461. The van der Waals surface area contributed by atoms with Crippen molar-refractivity contribution in [3.8, 4) is 5.75 Å². The van der Waals surface area contributed by atoms with Crippen LogP contribution < -0.4 is 9.64 Å². The van der Waals surface area contributed by atoms with E-state index < -0.39 is 70.8 Å². The predicted molar refractivity (Wildman–Crippen MR) is 119 cm³/mol. The van der Waals surface area contributed by atoms with Crippen LogP contribution in [0, 0.1) is 11.7 Å². The Morgan fingerprint density at radius 3 is 2.10 bits per heavy atom. The molecule has 2 aromatic rings. The van der Waals surface area contributed by atoms with Crippen LogP contribution in [-0.4, -0.2) is 56.7 Å². The molecule has 0 bridgehead atoms. The van der Waals surface area contributed by atoms with Crippen molar-refractivity contribution in [2.45, 2.75) is 37.0 Å². The molecule has 1 aliphatic heterocycles. The van der Waals surface area contributed by atoms with E-state index in [0.717, 1.165) is 0 Å². The van der Waals surface area contributed by atoms with Gasteiger partial charge in [0.25, 0.3) is 5.60 Å². The summed E-state index contributed by atoms with van der Waals surface area (Å²) in [5, 5.41) is 9.67. The minimum absolute atomic E-state index is 0.0437. The predicted octanol–water partition coefficient (Wildman–Crippen LogP) is 5.60. The average Bonchev–Trinajstić information content (AvgIpc) is 3.16. The fourth-order valence-electron chi connectivity index (χ4n) is 4.96. The number of anilines is 1. The molecule has 0 spiro atoms. The smallest absolute Gasteiger partial charge is 0.430 e. The molecule has 15 heteroatoms. The molecule has 1 aliphatic carbocycles. The Kier molecular flexibility index (Phi) is 7.54. The van der Waals surface area contributed by atoms with Crippen molar-refractivity contribution < 1.29 is 63.3 Å². The number of hydrogen-bond acceptors (Lipinski definition) is 5. The Bertz CT molecular complexity index is 1280. The van der Waals surface area contributed by atoms with E-state index in [1.807, 2.05) is 4.90 Å². The SMILES string of the molecule is COc1cc2c(cc1N1CCOCC1)CC(Cc1cc(C(F)(F)F)cc(C(O)(C(F)(F)F)C(F)(F)F)c1F)C2=O. The molecule has 0 saturated carbocycles. The summed E-state index contributed by atoms with van der Waals surface area (Å²) >= 11 is 0. The minimum atomic E-state index is -6.63. The van der Waals surface area contributed by atoms with Crippen LogP contribution in [0.2, 0.25) is 0 Å². The summed E-state index contributed by atoms with van der Waals surface area (Å²) in [7, 11) is 1.34. The fraction of sp³-hybridized carbons (Fsp3) is 0.480. The highest BCUT2D eigenvalue weighted by atomic mass is 19.4. The fourth-order valence-corrected chi connectivity index (χ4v) is 4.96. The van der Waals surface area contributed by atoms with Crippen LogP contribution >= 0.6 is 0 Å². The van der Waals surface area contributed by atoms with E-state index in [2.05, 4.69) is 0 Å². The van der Waals surface area contributed by atoms with Gasteiger partial charge in [0.2, 0.25) is 0 Å². The lowest BCUT2D eigenvalue weighted by Crippen LogP contribution is -2.54. The zero-order chi connectivity index (χ0) is 29.8. The lowest BCUT2D eigenvalue weighted by molar-refractivity contribution is -0.377. The summed E-state index contributed by atoms with van der Waals surface area (Å²) in [6, 6.07) is 2.30. The minimum Gasteiger partial charge on any atom is -0.495 e. The zero-order valence-electron chi connectivity index (χ0n) is 20.5. The van der Waals surface area contributed by atoms with Gasteiger partial charge < -0.3 is 19.5 Å². The molecule has 1 unspecified atom stereocenters. The van der Waals surface area contributed by atoms with Crippen molar-refractivity contribution in [3.63, 3.8) is 0 Å². The van der Waals surface area contributed by atoms with Crippen LogP contribution in [0.15, 0.2) is 24.3 Å². The highest BCUT2D eigenvalue weighted by Gasteiger charge is 2.72. The van der Waals surface area contributed by atoms with Crippen LogP contribution in [0.4, 0.5) is 49.6 Å². The summed E-state index contributed by atoms with van der Waals surface area (Å²) in [6.45, 7) is 1.76. The van der Waals surface area contributed by atoms with Crippen LogP contribution in [0.25, 0.3) is 0 Å². The molecule has 2 aromatic carbocycles. The number of fused-ring (bicyclic) bond motifs is 1. The molecule has 0 radical (unpaired) electrons. The normalized spacial score (nSPS) is 18.8. The molecule has 1 N–H and O–H groups in total. The number of ketones is 1. The second kappa shape index (κ2) is 10.1. The molecule has 0 amide bonds. The Labute approximate surface area is 220 Å². The topological polar surface area (TPSA) is 59.0 Å². The Balaban J connectivity index is 1.77.